The van der Waals surface area contributed by atoms with Crippen LogP contribution >= 0.6 is 12.4 Å². The molecule has 0 aromatic carbocycles. The van der Waals surface area contributed by atoms with Crippen molar-refractivity contribution < 1.29 is 9.59 Å². The summed E-state index contributed by atoms with van der Waals surface area (Å²) in [6, 6.07) is 0.214. The topological polar surface area (TPSA) is 61.4 Å². The van der Waals surface area contributed by atoms with Crippen LogP contribution in [0.15, 0.2) is 0 Å². The number of nitrogens with zero attached hydrogens (tertiary/aromatic N) is 1. The van der Waals surface area contributed by atoms with Gasteiger partial charge < -0.3 is 15.5 Å². The Hall–Kier alpha value is -0.810. The minimum atomic E-state index is 0. The molecule has 1 aliphatic heterocycles. The number of hydrogen-bond acceptors (Lipinski definition) is 3. The number of hydrogen-bond donors (Lipinski definition) is 2. The van der Waals surface area contributed by atoms with E-state index < -0.39 is 0 Å². The maximum Gasteiger partial charge on any atom is 0.242 e. The van der Waals surface area contributed by atoms with Gasteiger partial charge in [0, 0.05) is 32.1 Å². The second-order valence-electron chi connectivity index (χ2n) is 9.01. The van der Waals surface area contributed by atoms with Gasteiger partial charge in [0.15, 0.2) is 0 Å². The van der Waals surface area contributed by atoms with E-state index in [1.165, 1.54) is 38.5 Å². The molecule has 25 heavy (non-hydrogen) atoms. The highest BCUT2D eigenvalue weighted by atomic mass is 35.5. The molecular weight excluding hydrogens is 338 g/mol. The summed E-state index contributed by atoms with van der Waals surface area (Å²) >= 11 is 0. The molecule has 4 bridgehead atoms. The summed E-state index contributed by atoms with van der Waals surface area (Å²) < 4.78 is 0. The zero-order chi connectivity index (χ0) is 16.7. The fraction of sp³-hybridized carbons (Fsp3) is 0.895. The molecule has 1 unspecified atom stereocenters. The van der Waals surface area contributed by atoms with Crippen molar-refractivity contribution in [2.75, 3.05) is 26.2 Å². The number of piperazine rings is 1. The number of halogens is 1. The third-order valence-electron chi connectivity index (χ3n) is 6.96. The van der Waals surface area contributed by atoms with Crippen molar-refractivity contribution in [1.29, 1.82) is 0 Å². The molecule has 0 aromatic heterocycles. The maximum atomic E-state index is 12.5. The Kier molecular flexibility index (Phi) is 5.64. The van der Waals surface area contributed by atoms with E-state index in [-0.39, 0.29) is 42.2 Å². The van der Waals surface area contributed by atoms with Crippen LogP contribution in [0.2, 0.25) is 0 Å². The molecular formula is C19H32ClN3O2. The molecule has 1 saturated heterocycles. The average molecular weight is 370 g/mol. The molecule has 6 heteroatoms. The predicted octanol–water partition coefficient (Wildman–Crippen LogP) is 1.95. The SMILES string of the molecule is CC1CNCCN1C(=O)CNC(=O)CC12CC3CC(CC(C3)C1)C2.Cl. The molecule has 4 saturated carbocycles. The fourth-order valence-corrected chi connectivity index (χ4v) is 6.40. The van der Waals surface area contributed by atoms with Gasteiger partial charge in [0.25, 0.3) is 0 Å². The van der Waals surface area contributed by atoms with Gasteiger partial charge in [-0.3, -0.25) is 9.59 Å². The van der Waals surface area contributed by atoms with E-state index in [9.17, 15) is 9.59 Å². The van der Waals surface area contributed by atoms with Crippen LogP contribution in [0, 0.1) is 23.2 Å². The molecule has 1 atom stereocenters. The van der Waals surface area contributed by atoms with Gasteiger partial charge in [-0.2, -0.15) is 0 Å². The van der Waals surface area contributed by atoms with Crippen molar-refractivity contribution in [3.63, 3.8) is 0 Å². The monoisotopic (exact) mass is 369 g/mol. The molecule has 2 amide bonds. The standard InChI is InChI=1S/C19H31N3O2.ClH/c1-13-11-20-2-3-22(13)18(24)12-21-17(23)10-19-7-14-4-15(8-19)6-16(5-14)9-19;/h13-16,20H,2-12H2,1H3,(H,21,23);1H. The Balaban J connectivity index is 0.00000182. The van der Waals surface area contributed by atoms with Gasteiger partial charge in [-0.05, 0) is 68.6 Å². The van der Waals surface area contributed by atoms with Gasteiger partial charge in [-0.1, -0.05) is 0 Å². The van der Waals surface area contributed by atoms with E-state index >= 15 is 0 Å². The predicted molar refractivity (Wildman–Crippen MR) is 99.5 cm³/mol. The molecule has 0 spiro atoms. The van der Waals surface area contributed by atoms with Crippen LogP contribution < -0.4 is 10.6 Å². The fourth-order valence-electron chi connectivity index (χ4n) is 6.40. The molecule has 1 heterocycles. The molecule has 5 fully saturated rings. The van der Waals surface area contributed by atoms with E-state index in [1.807, 2.05) is 4.90 Å². The summed E-state index contributed by atoms with van der Waals surface area (Å²) in [6.45, 7) is 4.64. The van der Waals surface area contributed by atoms with Gasteiger partial charge in [0.05, 0.1) is 6.54 Å². The lowest BCUT2D eigenvalue weighted by atomic mass is 9.49. The van der Waals surface area contributed by atoms with E-state index in [0.717, 1.165) is 37.4 Å². The van der Waals surface area contributed by atoms with Crippen LogP contribution in [-0.4, -0.2) is 48.9 Å². The lowest BCUT2D eigenvalue weighted by molar-refractivity contribution is -0.137. The molecule has 4 aliphatic carbocycles. The van der Waals surface area contributed by atoms with Gasteiger partial charge in [-0.15, -0.1) is 12.4 Å². The first kappa shape index (κ1) is 19.0. The minimum Gasteiger partial charge on any atom is -0.347 e. The van der Waals surface area contributed by atoms with E-state index in [0.29, 0.717) is 6.42 Å². The summed E-state index contributed by atoms with van der Waals surface area (Å²) in [4.78, 5) is 26.8. The Morgan fingerprint density at radius 1 is 1.12 bits per heavy atom. The molecule has 0 radical (unpaired) electrons. The van der Waals surface area contributed by atoms with Crippen LogP contribution in [0.3, 0.4) is 0 Å². The van der Waals surface area contributed by atoms with Crippen LogP contribution in [0.5, 0.6) is 0 Å². The summed E-state index contributed by atoms with van der Waals surface area (Å²) in [5, 5.41) is 6.21. The number of nitrogens with one attached hydrogen (secondary N) is 2. The van der Waals surface area contributed by atoms with Gasteiger partial charge in [0.1, 0.15) is 0 Å². The Morgan fingerprint density at radius 2 is 1.72 bits per heavy atom. The van der Waals surface area contributed by atoms with Gasteiger partial charge >= 0.3 is 0 Å². The molecule has 142 valence electrons. The average Bonchev–Trinajstić information content (AvgIpc) is 2.51. The van der Waals surface area contributed by atoms with Gasteiger partial charge in [0.2, 0.25) is 11.8 Å². The van der Waals surface area contributed by atoms with Crippen LogP contribution in [0.4, 0.5) is 0 Å². The second kappa shape index (κ2) is 7.43. The summed E-state index contributed by atoms with van der Waals surface area (Å²) in [5.41, 5.74) is 0.254. The van der Waals surface area contributed by atoms with Crippen molar-refractivity contribution in [2.45, 2.75) is 57.9 Å². The normalized spacial score (nSPS) is 39.0. The van der Waals surface area contributed by atoms with Crippen molar-refractivity contribution in [3.05, 3.63) is 0 Å². The Bertz CT molecular complexity index is 490. The first-order chi connectivity index (χ1) is 11.5. The number of carbonyl (C=O) groups is 2. The number of amides is 2. The van der Waals surface area contributed by atoms with Crippen LogP contribution in [0.25, 0.3) is 0 Å². The first-order valence-electron chi connectivity index (χ1n) is 9.80. The highest BCUT2D eigenvalue weighted by Crippen LogP contribution is 2.61. The first-order valence-corrected chi connectivity index (χ1v) is 9.80. The number of carbonyl (C=O) groups excluding carboxylic acids is 2. The van der Waals surface area contributed by atoms with E-state index in [2.05, 4.69) is 17.6 Å². The van der Waals surface area contributed by atoms with Crippen molar-refractivity contribution in [1.82, 2.24) is 15.5 Å². The van der Waals surface area contributed by atoms with Gasteiger partial charge in [-0.25, -0.2) is 0 Å². The molecule has 5 aliphatic rings. The highest BCUT2D eigenvalue weighted by molar-refractivity contribution is 5.85. The largest absolute Gasteiger partial charge is 0.347 e. The highest BCUT2D eigenvalue weighted by Gasteiger charge is 2.51. The van der Waals surface area contributed by atoms with Crippen molar-refractivity contribution in [2.24, 2.45) is 23.2 Å². The van der Waals surface area contributed by atoms with E-state index in [4.69, 9.17) is 0 Å². The third-order valence-corrected chi connectivity index (χ3v) is 6.96. The van der Waals surface area contributed by atoms with Crippen LogP contribution in [0.1, 0.15) is 51.9 Å². The lowest BCUT2D eigenvalue weighted by Gasteiger charge is -2.56. The molecule has 5 nitrogen and oxygen atoms in total. The number of rotatable bonds is 4. The maximum absolute atomic E-state index is 12.5. The lowest BCUT2D eigenvalue weighted by Crippen LogP contribution is -2.54. The zero-order valence-electron chi connectivity index (χ0n) is 15.3. The van der Waals surface area contributed by atoms with Crippen molar-refractivity contribution >= 4 is 24.2 Å². The molecule has 0 aromatic rings. The van der Waals surface area contributed by atoms with E-state index in [1.54, 1.807) is 0 Å². The Morgan fingerprint density at radius 3 is 2.28 bits per heavy atom. The minimum absolute atomic E-state index is 0. The summed E-state index contributed by atoms with van der Waals surface area (Å²) in [5.74, 6) is 2.75. The summed E-state index contributed by atoms with van der Waals surface area (Å²) in [6.07, 6.45) is 8.58. The molecule has 5 rings (SSSR count). The Labute approximate surface area is 157 Å². The molecule has 2 N–H and O–H groups in total. The van der Waals surface area contributed by atoms with Crippen molar-refractivity contribution in [3.8, 4) is 0 Å². The zero-order valence-corrected chi connectivity index (χ0v) is 16.1. The second-order valence-corrected chi connectivity index (χ2v) is 9.01. The smallest absolute Gasteiger partial charge is 0.242 e. The third kappa shape index (κ3) is 3.97. The summed E-state index contributed by atoms with van der Waals surface area (Å²) in [7, 11) is 0. The quantitative estimate of drug-likeness (QED) is 0.796. The van der Waals surface area contributed by atoms with Crippen LogP contribution in [-0.2, 0) is 9.59 Å².